The van der Waals surface area contributed by atoms with Gasteiger partial charge >= 0.3 is 0 Å². The summed E-state index contributed by atoms with van der Waals surface area (Å²) in [4.78, 5) is 21.1. The summed E-state index contributed by atoms with van der Waals surface area (Å²) >= 11 is 6.52. The summed E-state index contributed by atoms with van der Waals surface area (Å²) in [7, 11) is 0. The van der Waals surface area contributed by atoms with Gasteiger partial charge in [-0.2, -0.15) is 0 Å². The highest BCUT2D eigenvalue weighted by Crippen LogP contribution is 2.35. The van der Waals surface area contributed by atoms with E-state index in [9.17, 15) is 4.79 Å². The molecule has 122 valence electrons. The highest BCUT2D eigenvalue weighted by molar-refractivity contribution is 6.34. The van der Waals surface area contributed by atoms with Gasteiger partial charge in [-0.05, 0) is 29.8 Å². The standard InChI is InChI=1S/C18H17ClN4O/c1-11(24)21-8-14-5-13-6-15(19)18(7-16(13)22-14)23-9-12-3-2-4-20-17(12)10-23/h2-7,22H,8-10H2,1H3,(H,21,24). The van der Waals surface area contributed by atoms with Gasteiger partial charge in [-0.3, -0.25) is 9.78 Å². The number of pyridine rings is 1. The first-order valence-corrected chi connectivity index (χ1v) is 8.21. The molecule has 2 aromatic heterocycles. The molecule has 1 aliphatic rings. The molecule has 4 rings (SSSR count). The van der Waals surface area contributed by atoms with Crippen LogP contribution in [-0.2, 0) is 24.4 Å². The molecule has 0 saturated carbocycles. The molecule has 1 aromatic carbocycles. The molecular weight excluding hydrogens is 324 g/mol. The second-order valence-corrected chi connectivity index (χ2v) is 6.47. The van der Waals surface area contributed by atoms with Crippen LogP contribution in [0.5, 0.6) is 0 Å². The average Bonchev–Trinajstić information content (AvgIpc) is 3.14. The third-order valence-electron chi connectivity index (χ3n) is 4.30. The second kappa shape index (κ2) is 5.83. The van der Waals surface area contributed by atoms with Gasteiger partial charge in [0.05, 0.1) is 29.5 Å². The number of aromatic nitrogens is 2. The molecular formula is C18H17ClN4O. The Bertz CT molecular complexity index is 909. The van der Waals surface area contributed by atoms with E-state index >= 15 is 0 Å². The Morgan fingerprint density at radius 2 is 2.25 bits per heavy atom. The number of anilines is 1. The van der Waals surface area contributed by atoms with E-state index in [0.717, 1.165) is 46.1 Å². The zero-order chi connectivity index (χ0) is 16.7. The van der Waals surface area contributed by atoms with Crippen LogP contribution >= 0.6 is 11.6 Å². The van der Waals surface area contributed by atoms with Gasteiger partial charge in [0.1, 0.15) is 0 Å². The van der Waals surface area contributed by atoms with Crippen molar-refractivity contribution >= 4 is 34.1 Å². The first kappa shape index (κ1) is 15.0. The number of amides is 1. The number of nitrogens with zero attached hydrogens (tertiary/aromatic N) is 2. The Morgan fingerprint density at radius 1 is 1.38 bits per heavy atom. The molecule has 24 heavy (non-hydrogen) atoms. The smallest absolute Gasteiger partial charge is 0.217 e. The topological polar surface area (TPSA) is 61.0 Å². The van der Waals surface area contributed by atoms with Crippen molar-refractivity contribution in [3.63, 3.8) is 0 Å². The number of benzene rings is 1. The molecule has 3 aromatic rings. The normalized spacial score (nSPS) is 13.3. The van der Waals surface area contributed by atoms with E-state index in [1.54, 1.807) is 0 Å². The number of hydrogen-bond donors (Lipinski definition) is 2. The Kier molecular flexibility index (Phi) is 3.65. The van der Waals surface area contributed by atoms with E-state index < -0.39 is 0 Å². The van der Waals surface area contributed by atoms with Crippen LogP contribution in [0.4, 0.5) is 5.69 Å². The number of rotatable bonds is 3. The van der Waals surface area contributed by atoms with Gasteiger partial charge in [0, 0.05) is 36.3 Å². The Morgan fingerprint density at radius 3 is 3.04 bits per heavy atom. The van der Waals surface area contributed by atoms with Gasteiger partial charge in [0.2, 0.25) is 5.91 Å². The third kappa shape index (κ3) is 2.71. The molecule has 0 saturated heterocycles. The molecule has 0 aliphatic carbocycles. The lowest BCUT2D eigenvalue weighted by molar-refractivity contribution is -0.119. The van der Waals surface area contributed by atoms with Crippen LogP contribution in [0.1, 0.15) is 23.9 Å². The number of aromatic amines is 1. The van der Waals surface area contributed by atoms with Crippen LogP contribution in [0.25, 0.3) is 10.9 Å². The van der Waals surface area contributed by atoms with E-state index in [2.05, 4.69) is 32.3 Å². The Labute approximate surface area is 144 Å². The van der Waals surface area contributed by atoms with Crippen LogP contribution in [0, 0.1) is 0 Å². The van der Waals surface area contributed by atoms with Crippen molar-refractivity contribution in [2.24, 2.45) is 0 Å². The molecule has 1 aliphatic heterocycles. The van der Waals surface area contributed by atoms with Crippen molar-refractivity contribution < 1.29 is 4.79 Å². The summed E-state index contributed by atoms with van der Waals surface area (Å²) in [5, 5.41) is 4.56. The first-order valence-electron chi connectivity index (χ1n) is 7.83. The van der Waals surface area contributed by atoms with Gasteiger partial charge in [-0.15, -0.1) is 0 Å². The number of halogens is 1. The molecule has 0 atom stereocenters. The van der Waals surface area contributed by atoms with Crippen molar-refractivity contribution in [3.8, 4) is 0 Å². The number of fused-ring (bicyclic) bond motifs is 2. The van der Waals surface area contributed by atoms with Gasteiger partial charge in [0.25, 0.3) is 0 Å². The average molecular weight is 341 g/mol. The molecule has 0 fully saturated rings. The molecule has 2 N–H and O–H groups in total. The highest BCUT2D eigenvalue weighted by Gasteiger charge is 2.22. The zero-order valence-corrected chi connectivity index (χ0v) is 14.0. The third-order valence-corrected chi connectivity index (χ3v) is 4.60. The van der Waals surface area contributed by atoms with Gasteiger partial charge in [0.15, 0.2) is 0 Å². The fraction of sp³-hybridized carbons (Fsp3) is 0.222. The Hall–Kier alpha value is -2.53. The van der Waals surface area contributed by atoms with Crippen LogP contribution < -0.4 is 10.2 Å². The number of nitrogens with one attached hydrogen (secondary N) is 2. The second-order valence-electron chi connectivity index (χ2n) is 6.06. The largest absolute Gasteiger partial charge is 0.360 e. The highest BCUT2D eigenvalue weighted by atomic mass is 35.5. The number of carbonyl (C=O) groups is 1. The lowest BCUT2D eigenvalue weighted by Crippen LogP contribution is -2.18. The van der Waals surface area contributed by atoms with E-state index in [0.29, 0.717) is 6.54 Å². The van der Waals surface area contributed by atoms with E-state index in [4.69, 9.17) is 11.6 Å². The maximum atomic E-state index is 11.1. The van der Waals surface area contributed by atoms with E-state index in [1.165, 1.54) is 12.5 Å². The van der Waals surface area contributed by atoms with Crippen LogP contribution in [0.3, 0.4) is 0 Å². The first-order chi connectivity index (χ1) is 11.6. The quantitative estimate of drug-likeness (QED) is 0.768. The molecule has 0 unspecified atom stereocenters. The summed E-state index contributed by atoms with van der Waals surface area (Å²) < 4.78 is 0. The molecule has 0 spiro atoms. The van der Waals surface area contributed by atoms with Crippen molar-refractivity contribution in [1.82, 2.24) is 15.3 Å². The Balaban J connectivity index is 1.64. The van der Waals surface area contributed by atoms with E-state index in [1.807, 2.05) is 24.4 Å². The predicted molar refractivity (Wildman–Crippen MR) is 95.0 cm³/mol. The lowest BCUT2D eigenvalue weighted by Gasteiger charge is -2.19. The minimum absolute atomic E-state index is 0.0466. The number of hydrogen-bond acceptors (Lipinski definition) is 3. The van der Waals surface area contributed by atoms with Crippen LogP contribution in [0.2, 0.25) is 5.02 Å². The predicted octanol–water partition coefficient (Wildman–Crippen LogP) is 3.37. The molecule has 6 heteroatoms. The van der Waals surface area contributed by atoms with E-state index in [-0.39, 0.29) is 5.91 Å². The molecule has 5 nitrogen and oxygen atoms in total. The van der Waals surface area contributed by atoms with Crippen molar-refractivity contribution in [2.75, 3.05) is 4.90 Å². The van der Waals surface area contributed by atoms with Crippen molar-refractivity contribution in [3.05, 3.63) is 58.5 Å². The van der Waals surface area contributed by atoms with Crippen molar-refractivity contribution in [2.45, 2.75) is 26.6 Å². The van der Waals surface area contributed by atoms with Gasteiger partial charge in [-0.1, -0.05) is 17.7 Å². The number of H-pyrrole nitrogens is 1. The summed E-state index contributed by atoms with van der Waals surface area (Å²) in [5.74, 6) is -0.0466. The summed E-state index contributed by atoms with van der Waals surface area (Å²) in [5.41, 5.74) is 5.31. The summed E-state index contributed by atoms with van der Waals surface area (Å²) in [6.07, 6.45) is 1.83. The maximum Gasteiger partial charge on any atom is 0.217 e. The molecule has 0 radical (unpaired) electrons. The fourth-order valence-corrected chi connectivity index (χ4v) is 3.42. The number of carbonyl (C=O) groups excluding carboxylic acids is 1. The van der Waals surface area contributed by atoms with Crippen LogP contribution in [0.15, 0.2) is 36.5 Å². The maximum absolute atomic E-state index is 11.1. The molecule has 3 heterocycles. The van der Waals surface area contributed by atoms with Crippen molar-refractivity contribution in [1.29, 1.82) is 0 Å². The monoisotopic (exact) mass is 340 g/mol. The minimum Gasteiger partial charge on any atom is -0.360 e. The fourth-order valence-electron chi connectivity index (χ4n) is 3.13. The zero-order valence-electron chi connectivity index (χ0n) is 13.3. The van der Waals surface area contributed by atoms with Crippen LogP contribution in [-0.4, -0.2) is 15.9 Å². The summed E-state index contributed by atoms with van der Waals surface area (Å²) in [6, 6.07) is 10.1. The molecule has 0 bridgehead atoms. The minimum atomic E-state index is -0.0466. The SMILES string of the molecule is CC(=O)NCc1cc2cc(Cl)c(N3Cc4cccnc4C3)cc2[nH]1. The molecule has 1 amide bonds. The summed E-state index contributed by atoms with van der Waals surface area (Å²) in [6.45, 7) is 3.57. The lowest BCUT2D eigenvalue weighted by atomic mass is 10.2. The van der Waals surface area contributed by atoms with Gasteiger partial charge < -0.3 is 15.2 Å². The van der Waals surface area contributed by atoms with Gasteiger partial charge in [-0.25, -0.2) is 0 Å².